The Morgan fingerprint density at radius 3 is 3.00 bits per heavy atom. The molecule has 0 aliphatic rings. The maximum Gasteiger partial charge on any atom is 0.306 e. The second kappa shape index (κ2) is 5.05. The van der Waals surface area contributed by atoms with Crippen molar-refractivity contribution in [1.82, 2.24) is 4.98 Å². The first-order valence-corrected chi connectivity index (χ1v) is 5.15. The normalized spacial score (nSPS) is 12.5. The highest BCUT2D eigenvalue weighted by molar-refractivity contribution is 7.99. The smallest absolute Gasteiger partial charge is 0.306 e. The Hall–Kier alpha value is -0.970. The number of hydrogen-bond acceptors (Lipinski definition) is 5. The summed E-state index contributed by atoms with van der Waals surface area (Å²) in [5, 5.41) is 0.708. The molecule has 1 aromatic heterocycles. The van der Waals surface area contributed by atoms with Crippen LogP contribution in [0.3, 0.4) is 0 Å². The molecule has 14 heavy (non-hydrogen) atoms. The average Bonchev–Trinajstić information content (AvgIpc) is 2.50. The molecule has 1 rings (SSSR count). The molecule has 0 radical (unpaired) electrons. The molecule has 0 amide bonds. The summed E-state index contributed by atoms with van der Waals surface area (Å²) in [5.41, 5.74) is 0.845. The number of carbonyl (C=O) groups excluding carboxylic acids is 1. The van der Waals surface area contributed by atoms with Crippen molar-refractivity contribution < 1.29 is 13.9 Å². The van der Waals surface area contributed by atoms with E-state index in [0.717, 1.165) is 5.69 Å². The number of aromatic nitrogens is 1. The van der Waals surface area contributed by atoms with Gasteiger partial charge in [0.1, 0.15) is 6.26 Å². The van der Waals surface area contributed by atoms with Crippen LogP contribution in [0.15, 0.2) is 15.9 Å². The molecule has 0 aromatic carbocycles. The maximum atomic E-state index is 10.9. The van der Waals surface area contributed by atoms with E-state index in [4.69, 9.17) is 4.42 Å². The van der Waals surface area contributed by atoms with E-state index in [2.05, 4.69) is 9.72 Å². The van der Waals surface area contributed by atoms with Crippen LogP contribution in [0, 0.1) is 6.92 Å². The van der Waals surface area contributed by atoms with Crippen molar-refractivity contribution in [1.29, 1.82) is 0 Å². The van der Waals surface area contributed by atoms with Crippen molar-refractivity contribution >= 4 is 17.7 Å². The van der Waals surface area contributed by atoms with Gasteiger partial charge in [0.2, 0.25) is 0 Å². The van der Waals surface area contributed by atoms with Crippen LogP contribution in [-0.4, -0.2) is 23.3 Å². The number of hydrogen-bond donors (Lipinski definition) is 0. The summed E-state index contributed by atoms with van der Waals surface area (Å²) in [6, 6.07) is 0. The lowest BCUT2D eigenvalue weighted by Crippen LogP contribution is -2.08. The third-order valence-corrected chi connectivity index (χ3v) is 2.54. The van der Waals surface area contributed by atoms with Gasteiger partial charge in [-0.15, -0.1) is 0 Å². The topological polar surface area (TPSA) is 52.3 Å². The first-order valence-electron chi connectivity index (χ1n) is 4.27. The summed E-state index contributed by atoms with van der Waals surface area (Å²) >= 11 is 1.43. The minimum Gasteiger partial charge on any atom is -0.469 e. The summed E-state index contributed by atoms with van der Waals surface area (Å²) in [4.78, 5) is 15.1. The Morgan fingerprint density at radius 2 is 2.50 bits per heavy atom. The fourth-order valence-electron chi connectivity index (χ4n) is 0.918. The second-order valence-electron chi connectivity index (χ2n) is 2.96. The standard InChI is InChI=1S/C9H13NO3S/c1-6-5-13-9(10-6)14-7(2)4-8(11)12-3/h5,7H,4H2,1-3H3. The van der Waals surface area contributed by atoms with Crippen LogP contribution < -0.4 is 0 Å². The van der Waals surface area contributed by atoms with Gasteiger partial charge in [0.25, 0.3) is 5.22 Å². The Kier molecular flexibility index (Phi) is 4.00. The number of ether oxygens (including phenoxy) is 1. The van der Waals surface area contributed by atoms with Gasteiger partial charge in [-0.05, 0) is 6.92 Å². The molecular weight excluding hydrogens is 202 g/mol. The van der Waals surface area contributed by atoms with E-state index in [9.17, 15) is 4.79 Å². The predicted molar refractivity (Wildman–Crippen MR) is 53.2 cm³/mol. The van der Waals surface area contributed by atoms with Crippen molar-refractivity contribution in [3.8, 4) is 0 Å². The SMILES string of the molecule is COC(=O)CC(C)Sc1nc(C)co1. The average molecular weight is 215 g/mol. The highest BCUT2D eigenvalue weighted by atomic mass is 32.2. The lowest BCUT2D eigenvalue weighted by atomic mass is 10.3. The van der Waals surface area contributed by atoms with Gasteiger partial charge >= 0.3 is 5.97 Å². The Bertz CT molecular complexity index is 311. The second-order valence-corrected chi connectivity index (χ2v) is 4.35. The van der Waals surface area contributed by atoms with Crippen LogP contribution >= 0.6 is 11.8 Å². The molecule has 4 nitrogen and oxygen atoms in total. The van der Waals surface area contributed by atoms with Gasteiger partial charge in [0.15, 0.2) is 0 Å². The summed E-state index contributed by atoms with van der Waals surface area (Å²) in [6.45, 7) is 3.79. The number of esters is 1. The molecule has 1 unspecified atom stereocenters. The van der Waals surface area contributed by atoms with Gasteiger partial charge in [0.05, 0.1) is 19.2 Å². The minimum atomic E-state index is -0.215. The van der Waals surface area contributed by atoms with Gasteiger partial charge in [-0.3, -0.25) is 4.79 Å². The molecule has 0 N–H and O–H groups in total. The van der Waals surface area contributed by atoms with Gasteiger partial charge < -0.3 is 9.15 Å². The van der Waals surface area contributed by atoms with Crippen LogP contribution in [0.25, 0.3) is 0 Å². The highest BCUT2D eigenvalue weighted by Crippen LogP contribution is 2.24. The number of rotatable bonds is 4. The highest BCUT2D eigenvalue weighted by Gasteiger charge is 2.13. The number of carbonyl (C=O) groups is 1. The van der Waals surface area contributed by atoms with Gasteiger partial charge in [0, 0.05) is 5.25 Å². The van der Waals surface area contributed by atoms with Crippen LogP contribution in [0.5, 0.6) is 0 Å². The number of thioether (sulfide) groups is 1. The van der Waals surface area contributed by atoms with E-state index in [1.807, 2.05) is 13.8 Å². The molecule has 0 saturated carbocycles. The molecule has 1 heterocycles. The van der Waals surface area contributed by atoms with Crippen LogP contribution in [0.4, 0.5) is 0 Å². The Morgan fingerprint density at radius 1 is 1.79 bits per heavy atom. The predicted octanol–water partition coefficient (Wildman–Crippen LogP) is 2.03. The zero-order valence-electron chi connectivity index (χ0n) is 8.44. The molecule has 0 aliphatic heterocycles. The molecule has 0 saturated heterocycles. The van der Waals surface area contributed by atoms with E-state index in [1.165, 1.54) is 18.9 Å². The fourth-order valence-corrected chi connectivity index (χ4v) is 1.78. The summed E-state index contributed by atoms with van der Waals surface area (Å²) in [7, 11) is 1.38. The van der Waals surface area contributed by atoms with Gasteiger partial charge in [-0.2, -0.15) is 0 Å². The zero-order valence-corrected chi connectivity index (χ0v) is 9.26. The molecule has 1 atom stereocenters. The lowest BCUT2D eigenvalue weighted by Gasteiger charge is -2.05. The van der Waals surface area contributed by atoms with Crippen molar-refractivity contribution in [2.45, 2.75) is 30.7 Å². The van der Waals surface area contributed by atoms with Crippen molar-refractivity contribution in [2.75, 3.05) is 7.11 Å². The minimum absolute atomic E-state index is 0.112. The molecular formula is C9H13NO3S. The zero-order chi connectivity index (χ0) is 10.6. The first kappa shape index (κ1) is 11.1. The molecule has 78 valence electrons. The van der Waals surface area contributed by atoms with E-state index in [0.29, 0.717) is 11.6 Å². The van der Waals surface area contributed by atoms with Crippen molar-refractivity contribution in [2.24, 2.45) is 0 Å². The number of methoxy groups -OCH3 is 1. The number of oxazole rings is 1. The van der Waals surface area contributed by atoms with Crippen LogP contribution in [0.2, 0.25) is 0 Å². The summed E-state index contributed by atoms with van der Waals surface area (Å²) in [6.07, 6.45) is 1.95. The number of nitrogens with zero attached hydrogens (tertiary/aromatic N) is 1. The Labute approximate surface area is 87.0 Å². The largest absolute Gasteiger partial charge is 0.469 e. The van der Waals surface area contributed by atoms with Crippen LogP contribution in [-0.2, 0) is 9.53 Å². The van der Waals surface area contributed by atoms with Crippen molar-refractivity contribution in [3.63, 3.8) is 0 Å². The first-order chi connectivity index (χ1) is 6.61. The quantitative estimate of drug-likeness (QED) is 0.568. The molecule has 1 aromatic rings. The molecule has 0 bridgehead atoms. The van der Waals surface area contributed by atoms with Crippen LogP contribution in [0.1, 0.15) is 19.0 Å². The molecule has 0 aliphatic carbocycles. The van der Waals surface area contributed by atoms with E-state index >= 15 is 0 Å². The molecule has 0 spiro atoms. The molecule has 5 heteroatoms. The molecule has 0 fully saturated rings. The number of aryl methyl sites for hydroxylation is 1. The third kappa shape index (κ3) is 3.41. The van der Waals surface area contributed by atoms with E-state index in [1.54, 1.807) is 6.26 Å². The maximum absolute atomic E-state index is 10.9. The lowest BCUT2D eigenvalue weighted by molar-refractivity contribution is -0.140. The fraction of sp³-hybridized carbons (Fsp3) is 0.556. The summed E-state index contributed by atoms with van der Waals surface area (Å²) in [5.74, 6) is -0.215. The summed E-state index contributed by atoms with van der Waals surface area (Å²) < 4.78 is 9.71. The third-order valence-electron chi connectivity index (χ3n) is 1.58. The Balaban J connectivity index is 2.41. The monoisotopic (exact) mass is 215 g/mol. The van der Waals surface area contributed by atoms with E-state index in [-0.39, 0.29) is 11.2 Å². The van der Waals surface area contributed by atoms with Crippen molar-refractivity contribution in [3.05, 3.63) is 12.0 Å². The van der Waals surface area contributed by atoms with Gasteiger partial charge in [-0.1, -0.05) is 18.7 Å². The van der Waals surface area contributed by atoms with E-state index < -0.39 is 0 Å². The van der Waals surface area contributed by atoms with Gasteiger partial charge in [-0.25, -0.2) is 4.98 Å².